The zero-order chi connectivity index (χ0) is 36.1. The Hall–Kier alpha value is -2.54. The molecule has 0 aliphatic carbocycles. The van der Waals surface area contributed by atoms with E-state index >= 15 is 0 Å². The Kier molecular flexibility index (Phi) is 17.5. The summed E-state index contributed by atoms with van der Waals surface area (Å²) in [5.74, 6) is -0.780. The second kappa shape index (κ2) is 20.2. The number of hydrogen-bond donors (Lipinski definition) is 2. The Labute approximate surface area is 296 Å². The van der Waals surface area contributed by atoms with E-state index in [4.69, 9.17) is 4.74 Å². The molecule has 2 heterocycles. The minimum atomic E-state index is -0.712. The number of carbonyl (C=O) groups is 4. The third kappa shape index (κ3) is 11.8. The van der Waals surface area contributed by atoms with Crippen molar-refractivity contribution in [2.75, 3.05) is 41.3 Å². The molecule has 1 aromatic rings. The Morgan fingerprint density at radius 1 is 1.08 bits per heavy atom. The monoisotopic (exact) mass is 741 g/mol. The zero-order valence-corrected chi connectivity index (χ0v) is 32.6. The van der Waals surface area contributed by atoms with Crippen molar-refractivity contribution < 1.29 is 23.9 Å². The molecule has 5 unspecified atom stereocenters. The number of nitrogens with one attached hydrogen (secondary N) is 2. The molecule has 13 nitrogen and oxygen atoms in total. The SMILES string of the molecule is CCCC(C(CC(=O)N1CCC[C@H]1CC(C)C(=O)NCCn1cc(C[Se])nn1)OC)N(C)C(=O)C(NC(=O)C(C(C)C)N(C)C)C(C)C. The van der Waals surface area contributed by atoms with Crippen molar-refractivity contribution in [3.63, 3.8) is 0 Å². The molecule has 1 aliphatic heterocycles. The van der Waals surface area contributed by atoms with E-state index < -0.39 is 12.1 Å². The van der Waals surface area contributed by atoms with Crippen LogP contribution in [0.4, 0.5) is 0 Å². The maximum absolute atomic E-state index is 14.0. The zero-order valence-electron chi connectivity index (χ0n) is 30.9. The van der Waals surface area contributed by atoms with Gasteiger partial charge in [-0.25, -0.2) is 0 Å². The quantitative estimate of drug-likeness (QED) is 0.193. The van der Waals surface area contributed by atoms with Crippen LogP contribution in [-0.4, -0.2) is 141 Å². The molecular formula is C34H61N8O5Se. The van der Waals surface area contributed by atoms with E-state index in [-0.39, 0.29) is 65.9 Å². The standard InChI is InChI=1S/C34H61N8O5Se/c1-11-13-27(40(9)34(46)30(22(2)3)36-33(45)31(23(4)5)39(7)8)28(47-10)19-29(43)42-16-12-14-26(42)18-24(6)32(44)35-15-17-41-20-25(21-48)37-38-41/h20,22-24,26-28,30-31H,11-19,21H2,1-10H3,(H,35,44)(H,36,45)/t24?,26-,27?,28?,30?,31?/m0/s1. The first-order chi connectivity index (χ1) is 22.7. The molecule has 1 aromatic heterocycles. The maximum atomic E-state index is 14.0. The molecule has 1 radical (unpaired) electrons. The predicted octanol–water partition coefficient (Wildman–Crippen LogP) is 1.84. The van der Waals surface area contributed by atoms with Crippen molar-refractivity contribution >= 4 is 39.6 Å². The fourth-order valence-corrected chi connectivity index (χ4v) is 7.04. The van der Waals surface area contributed by atoms with Gasteiger partial charge in [-0.15, -0.1) is 0 Å². The first-order valence-electron chi connectivity index (χ1n) is 17.5. The number of likely N-dealkylation sites (tertiary alicyclic amines) is 1. The average Bonchev–Trinajstić information content (AvgIpc) is 3.69. The van der Waals surface area contributed by atoms with Gasteiger partial charge in [0.25, 0.3) is 0 Å². The molecule has 4 amide bonds. The largest absolute Gasteiger partial charge is 0.379 e. The number of methoxy groups -OCH3 is 1. The number of carbonyl (C=O) groups excluding carboxylic acids is 4. The summed E-state index contributed by atoms with van der Waals surface area (Å²) in [7, 11) is 7.06. The average molecular weight is 741 g/mol. The van der Waals surface area contributed by atoms with Gasteiger partial charge in [0.2, 0.25) is 17.7 Å². The van der Waals surface area contributed by atoms with Gasteiger partial charge < -0.3 is 15.0 Å². The van der Waals surface area contributed by atoms with Crippen LogP contribution in [0.15, 0.2) is 6.20 Å². The van der Waals surface area contributed by atoms with Gasteiger partial charge in [0.15, 0.2) is 0 Å². The molecule has 0 saturated carbocycles. The summed E-state index contributed by atoms with van der Waals surface area (Å²) in [6.45, 7) is 13.4. The van der Waals surface area contributed by atoms with Crippen molar-refractivity contribution in [2.24, 2.45) is 17.8 Å². The molecule has 1 fully saturated rings. The molecule has 1 saturated heterocycles. The third-order valence-electron chi connectivity index (χ3n) is 9.37. The molecule has 6 atom stereocenters. The van der Waals surface area contributed by atoms with E-state index in [0.29, 0.717) is 37.8 Å². The summed E-state index contributed by atoms with van der Waals surface area (Å²) in [4.78, 5) is 59.4. The second-order valence-electron chi connectivity index (χ2n) is 14.1. The molecular weight excluding hydrogens is 679 g/mol. The fourth-order valence-electron chi connectivity index (χ4n) is 6.77. The van der Waals surface area contributed by atoms with Crippen LogP contribution < -0.4 is 10.6 Å². The van der Waals surface area contributed by atoms with Crippen molar-refractivity contribution in [1.82, 2.24) is 40.3 Å². The minimum Gasteiger partial charge on any atom is -0.379 e. The van der Waals surface area contributed by atoms with Gasteiger partial charge in [0.1, 0.15) is 6.04 Å². The van der Waals surface area contributed by atoms with Crippen molar-refractivity contribution in [1.29, 1.82) is 0 Å². The van der Waals surface area contributed by atoms with Gasteiger partial charge in [0.05, 0.1) is 24.6 Å². The Bertz CT molecular complexity index is 1170. The van der Waals surface area contributed by atoms with E-state index in [1.165, 1.54) is 0 Å². The van der Waals surface area contributed by atoms with Crippen LogP contribution in [-0.2, 0) is 35.8 Å². The molecule has 48 heavy (non-hydrogen) atoms. The van der Waals surface area contributed by atoms with E-state index in [0.717, 1.165) is 25.0 Å². The molecule has 0 bridgehead atoms. The predicted molar refractivity (Wildman–Crippen MR) is 187 cm³/mol. The van der Waals surface area contributed by atoms with Gasteiger partial charge in [-0.2, -0.15) is 0 Å². The Balaban J connectivity index is 2.06. The van der Waals surface area contributed by atoms with Crippen LogP contribution in [0, 0.1) is 17.8 Å². The van der Waals surface area contributed by atoms with Gasteiger partial charge in [-0.1, -0.05) is 41.0 Å². The first-order valence-corrected chi connectivity index (χ1v) is 18.7. The molecule has 1 aliphatic rings. The van der Waals surface area contributed by atoms with Crippen LogP contribution in [0.2, 0.25) is 0 Å². The molecule has 273 valence electrons. The van der Waals surface area contributed by atoms with Crippen LogP contribution in [0.5, 0.6) is 0 Å². The van der Waals surface area contributed by atoms with E-state index in [1.807, 2.05) is 71.6 Å². The van der Waals surface area contributed by atoms with Crippen LogP contribution in [0.25, 0.3) is 0 Å². The summed E-state index contributed by atoms with van der Waals surface area (Å²) in [6.07, 6.45) is 5.19. The van der Waals surface area contributed by atoms with Gasteiger partial charge in [-0.3, -0.25) is 19.3 Å². The Morgan fingerprint density at radius 2 is 1.77 bits per heavy atom. The van der Waals surface area contributed by atoms with Crippen molar-refractivity contribution in [3.8, 4) is 0 Å². The molecule has 14 heteroatoms. The van der Waals surface area contributed by atoms with E-state index in [9.17, 15) is 19.2 Å². The molecule has 2 N–H and O–H groups in total. The third-order valence-corrected chi connectivity index (χ3v) is 9.99. The van der Waals surface area contributed by atoms with Gasteiger partial charge in [0, 0.05) is 20.7 Å². The first kappa shape index (κ1) is 41.6. The van der Waals surface area contributed by atoms with Gasteiger partial charge >= 0.3 is 114 Å². The number of aromatic nitrogens is 3. The summed E-state index contributed by atoms with van der Waals surface area (Å²) in [5.41, 5.74) is 0.860. The number of hydrogen-bond acceptors (Lipinski definition) is 8. The normalized spacial score (nSPS) is 18.1. The van der Waals surface area contributed by atoms with E-state index in [2.05, 4.69) is 37.0 Å². The van der Waals surface area contributed by atoms with Crippen LogP contribution in [0.3, 0.4) is 0 Å². The van der Waals surface area contributed by atoms with Crippen LogP contribution >= 0.6 is 0 Å². The summed E-state index contributed by atoms with van der Waals surface area (Å²) in [5, 5.41) is 14.8. The molecule has 2 rings (SSSR count). The number of amides is 4. The Morgan fingerprint density at radius 3 is 2.31 bits per heavy atom. The topological polar surface area (TPSA) is 142 Å². The summed E-state index contributed by atoms with van der Waals surface area (Å²) < 4.78 is 7.63. The number of ether oxygens (including phenoxy) is 1. The minimum absolute atomic E-state index is 0.0338. The number of likely N-dealkylation sites (N-methyl/N-ethyl adjacent to an activating group) is 2. The van der Waals surface area contributed by atoms with Crippen molar-refractivity contribution in [3.05, 3.63) is 11.9 Å². The molecule has 0 spiro atoms. The summed E-state index contributed by atoms with van der Waals surface area (Å²) in [6, 6.07) is -1.47. The number of nitrogens with zero attached hydrogens (tertiary/aromatic N) is 6. The van der Waals surface area contributed by atoms with Crippen molar-refractivity contribution in [2.45, 2.75) is 122 Å². The molecule has 0 aromatic carbocycles. The second-order valence-corrected chi connectivity index (χ2v) is 14.7. The smallest absolute Gasteiger partial charge is 0.245 e. The number of rotatable bonds is 20. The fraction of sp³-hybridized carbons (Fsp3) is 0.824. The van der Waals surface area contributed by atoms with Gasteiger partial charge in [-0.05, 0) is 38.8 Å². The summed E-state index contributed by atoms with van der Waals surface area (Å²) >= 11 is 2.91. The van der Waals surface area contributed by atoms with Crippen LogP contribution in [0.1, 0.15) is 85.8 Å². The maximum Gasteiger partial charge on any atom is 0.245 e. The van der Waals surface area contributed by atoms with E-state index in [1.54, 1.807) is 23.7 Å².